The van der Waals surface area contributed by atoms with Gasteiger partial charge in [0, 0.05) is 0 Å². The predicted molar refractivity (Wildman–Crippen MR) is 235 cm³/mol. The normalized spacial score (nSPS) is 34.4. The molecular weight excluding hydrogens is 781 g/mol. The molecule has 5 aliphatic rings. The number of allylic oxidation sites excluding steroid dienone is 2. The average Bonchev–Trinajstić information content (AvgIpc) is 3.93. The molecule has 1 N–H and O–H groups in total. The number of ether oxygens (including phenoxy) is 4. The number of benzene rings is 2. The zero-order valence-electron chi connectivity index (χ0n) is 38.2. The van der Waals surface area contributed by atoms with Crippen molar-refractivity contribution in [3.8, 4) is 22.9 Å². The maximum atomic E-state index is 14.7. The first-order chi connectivity index (χ1) is 29.5. The fourth-order valence-corrected chi connectivity index (χ4v) is 14.0. The van der Waals surface area contributed by atoms with E-state index in [1.807, 2.05) is 60.9 Å². The van der Waals surface area contributed by atoms with Crippen molar-refractivity contribution in [2.24, 2.45) is 50.2 Å². The first kappa shape index (κ1) is 42.7. The van der Waals surface area contributed by atoms with Crippen LogP contribution in [0.4, 0.5) is 0 Å². The Morgan fingerprint density at radius 3 is 1.92 bits per heavy atom. The number of carbonyl (C=O) groups is 1. The van der Waals surface area contributed by atoms with Gasteiger partial charge < -0.3 is 24.1 Å². The van der Waals surface area contributed by atoms with Crippen LogP contribution in [-0.4, -0.2) is 67.5 Å². The van der Waals surface area contributed by atoms with E-state index in [2.05, 4.69) is 75.2 Å². The maximum Gasteiger partial charge on any atom is 0.313 e. The molecule has 4 fully saturated rings. The Hall–Kier alpha value is -4.55. The Labute approximate surface area is 366 Å². The number of aliphatic hydroxyl groups is 1. The minimum absolute atomic E-state index is 0.00337. The highest BCUT2D eigenvalue weighted by molar-refractivity contribution is 5.79. The van der Waals surface area contributed by atoms with Gasteiger partial charge in [-0.1, -0.05) is 70.5 Å². The van der Waals surface area contributed by atoms with Gasteiger partial charge >= 0.3 is 5.97 Å². The number of nitrogens with zero attached hydrogens (tertiary/aromatic N) is 6. The minimum Gasteiger partial charge on any atom is -0.497 e. The molecule has 0 spiro atoms. The molecule has 62 heavy (non-hydrogen) atoms. The summed E-state index contributed by atoms with van der Waals surface area (Å²) in [4.78, 5) is 14.7. The Morgan fingerprint density at radius 1 is 0.742 bits per heavy atom. The summed E-state index contributed by atoms with van der Waals surface area (Å²) in [6.07, 6.45) is 13.7. The second-order valence-corrected chi connectivity index (χ2v) is 21.5. The first-order valence-electron chi connectivity index (χ1n) is 22.8. The molecule has 9 atom stereocenters. The van der Waals surface area contributed by atoms with E-state index in [9.17, 15) is 9.90 Å². The molecule has 0 aliphatic heterocycles. The van der Waals surface area contributed by atoms with Crippen molar-refractivity contribution in [1.29, 1.82) is 0 Å². The van der Waals surface area contributed by atoms with Crippen LogP contribution >= 0.6 is 0 Å². The van der Waals surface area contributed by atoms with Gasteiger partial charge in [-0.3, -0.25) is 4.79 Å². The largest absolute Gasteiger partial charge is 0.497 e. The molecule has 0 saturated heterocycles. The monoisotopic (exact) mass is 847 g/mol. The van der Waals surface area contributed by atoms with Crippen molar-refractivity contribution >= 4 is 5.97 Å². The van der Waals surface area contributed by atoms with Gasteiger partial charge in [-0.25, -0.2) is 9.36 Å². The zero-order chi connectivity index (χ0) is 43.9. The van der Waals surface area contributed by atoms with Crippen LogP contribution in [0.25, 0.3) is 11.4 Å². The first-order valence-corrected chi connectivity index (χ1v) is 22.8. The third kappa shape index (κ3) is 6.80. The number of rotatable bonds is 10. The van der Waals surface area contributed by atoms with E-state index in [-0.39, 0.29) is 58.3 Å². The van der Waals surface area contributed by atoms with Crippen LogP contribution < -0.4 is 9.47 Å². The molecule has 2 heterocycles. The number of esters is 1. The highest BCUT2D eigenvalue weighted by Gasteiger charge is 2.70. The molecule has 3 unspecified atom stereocenters. The van der Waals surface area contributed by atoms with Crippen LogP contribution in [0.3, 0.4) is 0 Å². The van der Waals surface area contributed by atoms with Gasteiger partial charge in [0.25, 0.3) is 0 Å². The summed E-state index contributed by atoms with van der Waals surface area (Å²) < 4.78 is 27.0. The number of methoxy groups -OCH3 is 2. The summed E-state index contributed by atoms with van der Waals surface area (Å²) in [6.45, 7) is 17.3. The number of aliphatic hydroxyl groups excluding tert-OH is 1. The van der Waals surface area contributed by atoms with E-state index < -0.39 is 11.5 Å². The molecule has 332 valence electrons. The number of fused-ring (bicyclic) bond motifs is 7. The lowest BCUT2D eigenvalue weighted by Crippen LogP contribution is -2.67. The van der Waals surface area contributed by atoms with Gasteiger partial charge in [-0.05, 0) is 151 Å². The molecule has 4 aromatic rings. The molecule has 4 saturated carbocycles. The highest BCUT2D eigenvalue weighted by atomic mass is 16.5. The van der Waals surface area contributed by atoms with Gasteiger partial charge in [0.2, 0.25) is 0 Å². The Morgan fingerprint density at radius 2 is 1.32 bits per heavy atom. The fraction of sp³-hybridized carbons (Fsp3) is 0.620. The van der Waals surface area contributed by atoms with Crippen LogP contribution in [0.2, 0.25) is 0 Å². The average molecular weight is 847 g/mol. The number of aromatic nitrogens is 6. The van der Waals surface area contributed by atoms with Crippen molar-refractivity contribution in [1.82, 2.24) is 30.0 Å². The maximum absolute atomic E-state index is 14.7. The molecular formula is C50H66N6O6. The van der Waals surface area contributed by atoms with Crippen molar-refractivity contribution < 1.29 is 28.8 Å². The summed E-state index contributed by atoms with van der Waals surface area (Å²) in [5.41, 5.74) is 3.69. The summed E-state index contributed by atoms with van der Waals surface area (Å²) in [7, 11) is 3.30. The lowest BCUT2D eigenvalue weighted by Gasteiger charge is -2.71. The van der Waals surface area contributed by atoms with Gasteiger partial charge in [-0.2, -0.15) is 0 Å². The molecule has 5 aliphatic carbocycles. The number of hydrogen-bond acceptors (Lipinski definition) is 10. The Bertz CT molecular complexity index is 2320. The second-order valence-electron chi connectivity index (χ2n) is 21.5. The SMILES string of the molecule is COc1ccc(-n2cc(COC(=O)[C@]34CCC(C)(C)CC3C3=CCC5[C@@]6(C)C[C@@H](O)[C@H](OCc7cn(-c8ccc(OC)cc8)nn7)C(C)(C)C6CC[C@@]5(C)[C@]3(C)CC4)nn2)cc1. The van der Waals surface area contributed by atoms with Gasteiger partial charge in [-0.15, -0.1) is 10.2 Å². The van der Waals surface area contributed by atoms with Crippen molar-refractivity contribution in [2.45, 2.75) is 132 Å². The molecule has 0 radical (unpaired) electrons. The molecule has 0 bridgehead atoms. The van der Waals surface area contributed by atoms with Crippen LogP contribution in [0.5, 0.6) is 11.5 Å². The molecule has 9 rings (SSSR count). The van der Waals surface area contributed by atoms with Crippen LogP contribution in [0.1, 0.15) is 118 Å². The van der Waals surface area contributed by atoms with E-state index in [1.54, 1.807) is 23.6 Å². The fourth-order valence-electron chi connectivity index (χ4n) is 14.0. The Balaban J connectivity index is 0.931. The summed E-state index contributed by atoms with van der Waals surface area (Å²) in [6, 6.07) is 15.3. The van der Waals surface area contributed by atoms with Gasteiger partial charge in [0.05, 0.1) is 62.2 Å². The Kier molecular flexibility index (Phi) is 10.6. The van der Waals surface area contributed by atoms with Crippen molar-refractivity contribution in [3.63, 3.8) is 0 Å². The topological polar surface area (TPSA) is 136 Å². The quantitative estimate of drug-likeness (QED) is 0.122. The third-order valence-corrected chi connectivity index (χ3v) is 17.5. The summed E-state index contributed by atoms with van der Waals surface area (Å²) in [5, 5.41) is 29.6. The minimum atomic E-state index is -0.617. The van der Waals surface area contributed by atoms with E-state index in [0.29, 0.717) is 24.0 Å². The van der Waals surface area contributed by atoms with Crippen LogP contribution in [0, 0.1) is 50.2 Å². The molecule has 0 amide bonds. The van der Waals surface area contributed by atoms with Crippen LogP contribution in [0.15, 0.2) is 72.6 Å². The van der Waals surface area contributed by atoms with E-state index in [0.717, 1.165) is 79.9 Å². The predicted octanol–water partition coefficient (Wildman–Crippen LogP) is 9.27. The van der Waals surface area contributed by atoms with Crippen LogP contribution in [-0.2, 0) is 27.5 Å². The molecule has 12 nitrogen and oxygen atoms in total. The molecule has 12 heteroatoms. The van der Waals surface area contributed by atoms with Gasteiger partial charge in [0.15, 0.2) is 0 Å². The standard InChI is InChI=1S/C50H66N6O6/c1-45(2)22-24-50(44(58)62-31-33-29-56(54-52-33)35-12-16-37(60-9)17-13-35)25-23-48(6)38(39(50)26-45)18-19-42-47(5)27-40(57)43(46(3,4)41(47)20-21-49(42,48)7)61-30-32-28-55(53-51-32)34-10-14-36(59-8)15-11-34/h10-18,28-29,39-43,57H,19-27,30-31H2,1-9H3/t39?,40-,41?,42?,43+,47+,48-,49-,50+/m1/s1. The van der Waals surface area contributed by atoms with Crippen molar-refractivity contribution in [2.75, 3.05) is 14.2 Å². The van der Waals surface area contributed by atoms with E-state index in [1.165, 1.54) is 5.57 Å². The summed E-state index contributed by atoms with van der Waals surface area (Å²) >= 11 is 0. The van der Waals surface area contributed by atoms with Crippen molar-refractivity contribution in [3.05, 3.63) is 84.0 Å². The lowest BCUT2D eigenvalue weighted by atomic mass is 9.33. The molecule has 2 aromatic heterocycles. The highest BCUT2D eigenvalue weighted by Crippen LogP contribution is 2.76. The van der Waals surface area contributed by atoms with E-state index in [4.69, 9.17) is 18.9 Å². The number of carbonyl (C=O) groups excluding carboxylic acids is 1. The third-order valence-electron chi connectivity index (χ3n) is 17.5. The molecule has 2 aromatic carbocycles. The number of hydrogen-bond donors (Lipinski definition) is 1. The summed E-state index contributed by atoms with van der Waals surface area (Å²) in [5.74, 6) is 2.33. The van der Waals surface area contributed by atoms with E-state index >= 15 is 0 Å². The lowest BCUT2D eigenvalue weighted by molar-refractivity contribution is -0.244. The second kappa shape index (κ2) is 15.3. The zero-order valence-corrected chi connectivity index (χ0v) is 38.2. The van der Waals surface area contributed by atoms with Gasteiger partial charge in [0.1, 0.15) is 29.5 Å². The smallest absolute Gasteiger partial charge is 0.313 e.